The third-order valence-corrected chi connectivity index (χ3v) is 5.70. The molecular formula is C16H16ClN3OS. The second-order valence-electron chi connectivity index (χ2n) is 5.90. The van der Waals surface area contributed by atoms with Crippen LogP contribution < -0.4 is 10.6 Å². The summed E-state index contributed by atoms with van der Waals surface area (Å²) in [5.41, 5.74) is 0.943. The van der Waals surface area contributed by atoms with Gasteiger partial charge in [0.1, 0.15) is 9.88 Å². The molecule has 2 aliphatic rings. The largest absolute Gasteiger partial charge is 0.347 e. The number of hydrogen-bond donors (Lipinski definition) is 2. The predicted octanol–water partition coefficient (Wildman–Crippen LogP) is 3.09. The Bertz CT molecular complexity index is 717. The van der Waals surface area contributed by atoms with Gasteiger partial charge in [-0.15, -0.1) is 11.3 Å². The Balaban J connectivity index is 1.48. The molecule has 114 valence electrons. The van der Waals surface area contributed by atoms with Crippen molar-refractivity contribution in [1.29, 1.82) is 0 Å². The SMILES string of the molecule is O=C(N[C@@H]1C[C@H]2CC[C@@H]1N2)c1cnc(-c2cccc(Cl)c2)s1. The lowest BCUT2D eigenvalue weighted by Gasteiger charge is -2.20. The summed E-state index contributed by atoms with van der Waals surface area (Å²) in [5.74, 6) is -0.0230. The molecule has 2 saturated heterocycles. The van der Waals surface area contributed by atoms with E-state index < -0.39 is 0 Å². The fraction of sp³-hybridized carbons (Fsp3) is 0.375. The number of aromatic nitrogens is 1. The maximum absolute atomic E-state index is 12.4. The number of hydrogen-bond acceptors (Lipinski definition) is 4. The van der Waals surface area contributed by atoms with E-state index in [1.807, 2.05) is 24.3 Å². The van der Waals surface area contributed by atoms with Crippen LogP contribution in [-0.4, -0.2) is 29.0 Å². The molecule has 1 aromatic carbocycles. The van der Waals surface area contributed by atoms with Gasteiger partial charge < -0.3 is 10.6 Å². The molecule has 3 heterocycles. The van der Waals surface area contributed by atoms with Crippen LogP contribution in [0.4, 0.5) is 0 Å². The summed E-state index contributed by atoms with van der Waals surface area (Å²) in [6.45, 7) is 0. The molecule has 3 atom stereocenters. The average molecular weight is 334 g/mol. The van der Waals surface area contributed by atoms with Gasteiger partial charge in [0.15, 0.2) is 0 Å². The van der Waals surface area contributed by atoms with Crippen LogP contribution in [0.15, 0.2) is 30.5 Å². The molecule has 2 bridgehead atoms. The Kier molecular flexibility index (Phi) is 3.64. The molecule has 4 rings (SSSR count). The summed E-state index contributed by atoms with van der Waals surface area (Å²) in [6.07, 6.45) is 5.08. The van der Waals surface area contributed by atoms with E-state index in [4.69, 9.17) is 11.6 Å². The molecule has 1 amide bonds. The van der Waals surface area contributed by atoms with E-state index in [-0.39, 0.29) is 11.9 Å². The highest BCUT2D eigenvalue weighted by Gasteiger charge is 2.39. The van der Waals surface area contributed by atoms with Gasteiger partial charge in [-0.3, -0.25) is 4.79 Å². The van der Waals surface area contributed by atoms with Gasteiger partial charge in [0.25, 0.3) is 5.91 Å². The lowest BCUT2D eigenvalue weighted by molar-refractivity contribution is 0.0935. The normalized spacial score (nSPS) is 26.3. The van der Waals surface area contributed by atoms with Gasteiger partial charge in [-0.25, -0.2) is 4.98 Å². The third kappa shape index (κ3) is 2.64. The highest BCUT2D eigenvalue weighted by molar-refractivity contribution is 7.16. The standard InChI is InChI=1S/C16H16ClN3OS/c17-10-3-1-2-9(6-10)16-18-8-14(22-16)15(21)20-13-7-11-4-5-12(13)19-11/h1-3,6,8,11-13,19H,4-5,7H2,(H,20,21)/t11-,12+,13-/m1/s1. The van der Waals surface area contributed by atoms with Crippen molar-refractivity contribution < 1.29 is 4.79 Å². The number of carbonyl (C=O) groups excluding carboxylic acids is 1. The van der Waals surface area contributed by atoms with Crippen molar-refractivity contribution in [3.05, 3.63) is 40.4 Å². The van der Waals surface area contributed by atoms with Crippen molar-refractivity contribution in [2.24, 2.45) is 0 Å². The van der Waals surface area contributed by atoms with Gasteiger partial charge in [0.05, 0.1) is 6.20 Å². The second-order valence-corrected chi connectivity index (χ2v) is 7.37. The minimum atomic E-state index is -0.0230. The number of thiazole rings is 1. The van der Waals surface area contributed by atoms with Gasteiger partial charge in [-0.2, -0.15) is 0 Å². The maximum Gasteiger partial charge on any atom is 0.263 e. The van der Waals surface area contributed by atoms with Crippen LogP contribution in [0.5, 0.6) is 0 Å². The fourth-order valence-corrected chi connectivity index (χ4v) is 4.36. The zero-order chi connectivity index (χ0) is 15.1. The molecule has 4 nitrogen and oxygen atoms in total. The molecule has 6 heteroatoms. The fourth-order valence-electron chi connectivity index (χ4n) is 3.36. The van der Waals surface area contributed by atoms with Crippen molar-refractivity contribution in [2.45, 2.75) is 37.4 Å². The molecule has 0 radical (unpaired) electrons. The Labute approximate surface area is 137 Å². The van der Waals surface area contributed by atoms with Gasteiger partial charge in [-0.1, -0.05) is 23.7 Å². The molecule has 0 spiro atoms. The summed E-state index contributed by atoms with van der Waals surface area (Å²) in [4.78, 5) is 17.4. The van der Waals surface area contributed by atoms with Crippen molar-refractivity contribution in [2.75, 3.05) is 0 Å². The van der Waals surface area contributed by atoms with Crippen molar-refractivity contribution in [1.82, 2.24) is 15.6 Å². The molecule has 2 aliphatic heterocycles. The zero-order valence-corrected chi connectivity index (χ0v) is 13.5. The number of benzene rings is 1. The minimum Gasteiger partial charge on any atom is -0.347 e. The Hall–Kier alpha value is -1.43. The van der Waals surface area contributed by atoms with E-state index in [9.17, 15) is 4.79 Å². The topological polar surface area (TPSA) is 54.0 Å². The first kappa shape index (κ1) is 14.2. The first-order valence-corrected chi connectivity index (χ1v) is 8.67. The Morgan fingerprint density at radius 3 is 3.05 bits per heavy atom. The lowest BCUT2D eigenvalue weighted by Crippen LogP contribution is -2.42. The summed E-state index contributed by atoms with van der Waals surface area (Å²) >= 11 is 7.41. The van der Waals surface area contributed by atoms with Crippen molar-refractivity contribution in [3.8, 4) is 10.6 Å². The van der Waals surface area contributed by atoms with Crippen LogP contribution in [0.25, 0.3) is 10.6 Å². The number of nitrogens with one attached hydrogen (secondary N) is 2. The van der Waals surface area contributed by atoms with Gasteiger partial charge in [0.2, 0.25) is 0 Å². The van der Waals surface area contributed by atoms with E-state index in [1.54, 1.807) is 6.20 Å². The number of carbonyl (C=O) groups is 1. The average Bonchev–Trinajstić information content (AvgIpc) is 3.23. The first-order chi connectivity index (χ1) is 10.7. The molecule has 1 aromatic heterocycles. The molecule has 22 heavy (non-hydrogen) atoms. The summed E-state index contributed by atoms with van der Waals surface area (Å²) in [6, 6.07) is 8.80. The molecule has 2 aromatic rings. The van der Waals surface area contributed by atoms with Crippen molar-refractivity contribution >= 4 is 28.8 Å². The van der Waals surface area contributed by atoms with Crippen LogP contribution in [0, 0.1) is 0 Å². The van der Waals surface area contributed by atoms with Crippen LogP contribution in [-0.2, 0) is 0 Å². The number of fused-ring (bicyclic) bond motifs is 2. The molecule has 0 saturated carbocycles. The number of amides is 1. The highest BCUT2D eigenvalue weighted by Crippen LogP contribution is 2.30. The molecule has 2 fully saturated rings. The summed E-state index contributed by atoms with van der Waals surface area (Å²) in [7, 11) is 0. The van der Waals surface area contributed by atoms with E-state index in [1.165, 1.54) is 17.8 Å². The molecule has 2 N–H and O–H groups in total. The minimum absolute atomic E-state index is 0.0230. The Morgan fingerprint density at radius 1 is 1.41 bits per heavy atom. The second kappa shape index (κ2) is 5.65. The monoisotopic (exact) mass is 333 g/mol. The van der Waals surface area contributed by atoms with Crippen LogP contribution in [0.1, 0.15) is 28.9 Å². The smallest absolute Gasteiger partial charge is 0.263 e. The summed E-state index contributed by atoms with van der Waals surface area (Å²) < 4.78 is 0. The summed E-state index contributed by atoms with van der Waals surface area (Å²) in [5, 5.41) is 8.17. The number of halogens is 1. The number of rotatable bonds is 3. The van der Waals surface area contributed by atoms with E-state index in [0.717, 1.165) is 23.4 Å². The van der Waals surface area contributed by atoms with Crippen LogP contribution in [0.3, 0.4) is 0 Å². The van der Waals surface area contributed by atoms with Gasteiger partial charge in [0, 0.05) is 28.7 Å². The molecular weight excluding hydrogens is 318 g/mol. The lowest BCUT2D eigenvalue weighted by atomic mass is 9.95. The van der Waals surface area contributed by atoms with Gasteiger partial charge in [-0.05, 0) is 31.4 Å². The first-order valence-electron chi connectivity index (χ1n) is 7.48. The predicted molar refractivity (Wildman–Crippen MR) is 88.4 cm³/mol. The number of nitrogens with zero attached hydrogens (tertiary/aromatic N) is 1. The molecule has 0 unspecified atom stereocenters. The maximum atomic E-state index is 12.4. The Morgan fingerprint density at radius 2 is 2.32 bits per heavy atom. The van der Waals surface area contributed by atoms with E-state index >= 15 is 0 Å². The van der Waals surface area contributed by atoms with Crippen LogP contribution in [0.2, 0.25) is 5.02 Å². The van der Waals surface area contributed by atoms with E-state index in [2.05, 4.69) is 15.6 Å². The van der Waals surface area contributed by atoms with E-state index in [0.29, 0.717) is 22.0 Å². The molecule has 0 aliphatic carbocycles. The highest BCUT2D eigenvalue weighted by atomic mass is 35.5. The van der Waals surface area contributed by atoms with Crippen molar-refractivity contribution in [3.63, 3.8) is 0 Å². The zero-order valence-electron chi connectivity index (χ0n) is 11.9. The van der Waals surface area contributed by atoms with Gasteiger partial charge >= 0.3 is 0 Å². The quantitative estimate of drug-likeness (QED) is 0.907. The third-order valence-electron chi connectivity index (χ3n) is 4.42. The van der Waals surface area contributed by atoms with Crippen LogP contribution >= 0.6 is 22.9 Å².